The molecule has 0 spiro atoms. The molecule has 1 saturated heterocycles. The third-order valence-electron chi connectivity index (χ3n) is 2.62. The van der Waals surface area contributed by atoms with Gasteiger partial charge in [0.05, 0.1) is 13.2 Å². The summed E-state index contributed by atoms with van der Waals surface area (Å²) in [4.78, 5) is 9.57. The van der Waals surface area contributed by atoms with Crippen molar-refractivity contribution < 1.29 is 34.8 Å². The largest absolute Gasteiger partial charge is 0.394 e. The van der Waals surface area contributed by atoms with E-state index in [1.165, 1.54) is 0 Å². The number of nitrogens with zero attached hydrogens (tertiary/aromatic N) is 1. The van der Waals surface area contributed by atoms with Crippen LogP contribution in [-0.2, 0) is 9.47 Å². The molecule has 4 N–H and O–H groups in total. The molecular weight excluding hydrogens is 250 g/mol. The van der Waals surface area contributed by atoms with Gasteiger partial charge in [0.2, 0.25) is 6.54 Å². The van der Waals surface area contributed by atoms with Crippen molar-refractivity contribution in [2.75, 3.05) is 19.8 Å². The molecule has 0 aliphatic carbocycles. The van der Waals surface area contributed by atoms with Crippen molar-refractivity contribution in [1.29, 1.82) is 0 Å². The Morgan fingerprint density at radius 3 is 2.44 bits per heavy atom. The zero-order valence-electron chi connectivity index (χ0n) is 9.58. The number of aliphatic hydroxyl groups is 4. The Balaban J connectivity index is 2.41. The van der Waals surface area contributed by atoms with Crippen molar-refractivity contribution in [3.63, 3.8) is 0 Å². The summed E-state index contributed by atoms with van der Waals surface area (Å²) >= 11 is 0. The third-order valence-corrected chi connectivity index (χ3v) is 2.62. The Morgan fingerprint density at radius 2 is 1.89 bits per heavy atom. The molecule has 1 fully saturated rings. The molecule has 1 heterocycles. The minimum absolute atomic E-state index is 0.0380. The van der Waals surface area contributed by atoms with Crippen LogP contribution in [0.5, 0.6) is 0 Å². The van der Waals surface area contributed by atoms with Gasteiger partial charge in [-0.15, -0.1) is 0 Å². The van der Waals surface area contributed by atoms with Crippen molar-refractivity contribution >= 4 is 0 Å². The van der Waals surface area contributed by atoms with Gasteiger partial charge in [-0.25, -0.2) is 0 Å². The summed E-state index contributed by atoms with van der Waals surface area (Å²) in [6.07, 6.45) is -6.56. The number of rotatable bonds is 6. The predicted octanol–water partition coefficient (Wildman–Crippen LogP) is -2.53. The summed E-state index contributed by atoms with van der Waals surface area (Å²) in [6.45, 7) is -0.860. The number of hydrogen-bond acceptors (Lipinski definition) is 8. The van der Waals surface area contributed by atoms with Crippen LogP contribution in [-0.4, -0.2) is 75.8 Å². The van der Waals surface area contributed by atoms with Crippen LogP contribution in [0.3, 0.4) is 0 Å². The number of nitro groups is 1. The van der Waals surface area contributed by atoms with E-state index in [2.05, 4.69) is 0 Å². The first kappa shape index (κ1) is 15.2. The monoisotopic (exact) mass is 267 g/mol. The molecule has 18 heavy (non-hydrogen) atoms. The number of ether oxygens (including phenoxy) is 2. The maximum Gasteiger partial charge on any atom is 0.206 e. The van der Waals surface area contributed by atoms with E-state index in [9.17, 15) is 25.4 Å². The van der Waals surface area contributed by atoms with Gasteiger partial charge in [-0.1, -0.05) is 0 Å². The molecule has 1 aliphatic heterocycles. The van der Waals surface area contributed by atoms with E-state index in [0.29, 0.717) is 0 Å². The zero-order chi connectivity index (χ0) is 13.7. The topological polar surface area (TPSA) is 143 Å². The minimum atomic E-state index is -1.50. The van der Waals surface area contributed by atoms with Crippen LogP contribution < -0.4 is 0 Å². The second-order valence-electron chi connectivity index (χ2n) is 3.98. The van der Waals surface area contributed by atoms with Crippen molar-refractivity contribution in [2.45, 2.75) is 37.1 Å². The van der Waals surface area contributed by atoms with E-state index in [-0.39, 0.29) is 19.6 Å². The van der Waals surface area contributed by atoms with Gasteiger partial charge < -0.3 is 29.9 Å². The Hall–Kier alpha value is -0.840. The molecule has 0 aromatic carbocycles. The minimum Gasteiger partial charge on any atom is -0.394 e. The van der Waals surface area contributed by atoms with Gasteiger partial charge in [0.1, 0.15) is 24.4 Å². The molecule has 5 atom stereocenters. The van der Waals surface area contributed by atoms with Gasteiger partial charge in [-0.05, 0) is 0 Å². The average Bonchev–Trinajstić information content (AvgIpc) is 2.34. The lowest BCUT2D eigenvalue weighted by atomic mass is 9.99. The van der Waals surface area contributed by atoms with Crippen LogP contribution in [0, 0.1) is 10.1 Å². The maximum absolute atomic E-state index is 10.1. The summed E-state index contributed by atoms with van der Waals surface area (Å²) in [6, 6.07) is 0. The highest BCUT2D eigenvalue weighted by Crippen LogP contribution is 2.21. The van der Waals surface area contributed by atoms with E-state index in [0.717, 1.165) is 0 Å². The molecule has 0 aromatic rings. The fourth-order valence-electron chi connectivity index (χ4n) is 1.60. The quantitative estimate of drug-likeness (QED) is 0.234. The van der Waals surface area contributed by atoms with E-state index >= 15 is 0 Å². The molecule has 9 heteroatoms. The zero-order valence-corrected chi connectivity index (χ0v) is 9.58. The second-order valence-corrected chi connectivity index (χ2v) is 3.98. The normalized spacial score (nSPS) is 36.6. The van der Waals surface area contributed by atoms with Crippen molar-refractivity contribution in [2.24, 2.45) is 0 Å². The molecule has 0 unspecified atom stereocenters. The van der Waals surface area contributed by atoms with Crippen LogP contribution in [0.25, 0.3) is 0 Å². The van der Waals surface area contributed by atoms with Crippen LogP contribution >= 0.6 is 0 Å². The highest BCUT2D eigenvalue weighted by molar-refractivity contribution is 4.88. The van der Waals surface area contributed by atoms with Gasteiger partial charge in [0.15, 0.2) is 6.29 Å². The first-order valence-electron chi connectivity index (χ1n) is 5.51. The molecular formula is C9H17NO8. The third kappa shape index (κ3) is 3.83. The predicted molar refractivity (Wildman–Crippen MR) is 56.2 cm³/mol. The van der Waals surface area contributed by atoms with Crippen LogP contribution in [0.4, 0.5) is 0 Å². The first-order chi connectivity index (χ1) is 8.47. The lowest BCUT2D eigenvalue weighted by molar-refractivity contribution is -0.481. The second kappa shape index (κ2) is 6.92. The number of aliphatic hydroxyl groups excluding tert-OH is 4. The highest BCUT2D eigenvalue weighted by atomic mass is 16.7. The van der Waals surface area contributed by atoms with Gasteiger partial charge in [0, 0.05) is 11.3 Å². The van der Waals surface area contributed by atoms with E-state index < -0.39 is 42.2 Å². The van der Waals surface area contributed by atoms with Gasteiger partial charge in [-0.2, -0.15) is 0 Å². The molecule has 0 amide bonds. The van der Waals surface area contributed by atoms with E-state index in [1.807, 2.05) is 0 Å². The molecule has 1 aliphatic rings. The fraction of sp³-hybridized carbons (Fsp3) is 1.00. The van der Waals surface area contributed by atoms with Crippen LogP contribution in [0.15, 0.2) is 0 Å². The molecule has 0 saturated carbocycles. The van der Waals surface area contributed by atoms with Gasteiger partial charge in [0.25, 0.3) is 0 Å². The van der Waals surface area contributed by atoms with E-state index in [4.69, 9.17) is 14.6 Å². The summed E-state index contributed by atoms with van der Waals surface area (Å²) in [7, 11) is 0. The molecule has 0 radical (unpaired) electrons. The maximum atomic E-state index is 10.1. The van der Waals surface area contributed by atoms with Crippen molar-refractivity contribution in [3.8, 4) is 0 Å². The molecule has 0 bridgehead atoms. The van der Waals surface area contributed by atoms with Crippen LogP contribution in [0.1, 0.15) is 6.42 Å². The summed E-state index contributed by atoms with van der Waals surface area (Å²) in [5, 5.41) is 47.4. The summed E-state index contributed by atoms with van der Waals surface area (Å²) in [5.74, 6) is 0. The summed E-state index contributed by atoms with van der Waals surface area (Å²) < 4.78 is 10.1. The number of hydrogen-bond donors (Lipinski definition) is 4. The van der Waals surface area contributed by atoms with Gasteiger partial charge in [-0.3, -0.25) is 10.1 Å². The Labute approximate surface area is 103 Å². The van der Waals surface area contributed by atoms with Crippen molar-refractivity contribution in [1.82, 2.24) is 0 Å². The molecule has 9 nitrogen and oxygen atoms in total. The lowest BCUT2D eigenvalue weighted by Gasteiger charge is -2.39. The average molecular weight is 267 g/mol. The summed E-state index contributed by atoms with van der Waals surface area (Å²) in [5.41, 5.74) is 0. The first-order valence-corrected chi connectivity index (χ1v) is 5.51. The Kier molecular flexibility index (Phi) is 5.85. The molecule has 0 aromatic heterocycles. The Bertz CT molecular complexity index is 273. The van der Waals surface area contributed by atoms with Crippen molar-refractivity contribution in [3.05, 3.63) is 10.1 Å². The van der Waals surface area contributed by atoms with E-state index in [1.54, 1.807) is 0 Å². The highest BCUT2D eigenvalue weighted by Gasteiger charge is 2.43. The van der Waals surface area contributed by atoms with Crippen LogP contribution in [0.2, 0.25) is 0 Å². The SMILES string of the molecule is O=[N+]([O-])CCCO[C@@H]1O[C@H](CO)[C@@H](O)[C@H](O)[C@H]1O. The lowest BCUT2D eigenvalue weighted by Crippen LogP contribution is -2.59. The fourth-order valence-corrected chi connectivity index (χ4v) is 1.60. The Morgan fingerprint density at radius 1 is 1.22 bits per heavy atom. The molecule has 1 rings (SSSR count). The van der Waals surface area contributed by atoms with Gasteiger partial charge >= 0.3 is 0 Å². The smallest absolute Gasteiger partial charge is 0.206 e. The molecule has 106 valence electrons. The standard InChI is InChI=1S/C9H17NO8/c11-4-5-6(12)7(13)8(14)9(18-5)17-3-1-2-10(15)16/h5-9,11-14H,1-4H2/t5-,6-,7+,8-,9-/m1/s1.